The predicted octanol–water partition coefficient (Wildman–Crippen LogP) is 1.10. The van der Waals surface area contributed by atoms with Crippen molar-refractivity contribution >= 4 is 11.0 Å². The summed E-state index contributed by atoms with van der Waals surface area (Å²) < 4.78 is 0. The van der Waals surface area contributed by atoms with Gasteiger partial charge in [-0.15, -0.1) is 0 Å². The Morgan fingerprint density at radius 1 is 1.10 bits per heavy atom. The quantitative estimate of drug-likeness (QED) is 0.559. The van der Waals surface area contributed by atoms with Crippen LogP contribution in [0.1, 0.15) is 1.43 Å². The molecule has 0 fully saturated rings. The van der Waals surface area contributed by atoms with Gasteiger partial charge in [-0.05, 0) is 12.1 Å². The monoisotopic (exact) mass is 136 g/mol. The molecule has 2 rings (SSSR count). The van der Waals surface area contributed by atoms with Gasteiger partial charge in [-0.25, -0.2) is 4.79 Å². The molecule has 3 nitrogen and oxygen atoms in total. The number of imidazole rings is 1. The van der Waals surface area contributed by atoms with Crippen molar-refractivity contribution in [1.82, 2.24) is 9.97 Å². The molecule has 0 atom stereocenters. The van der Waals surface area contributed by atoms with E-state index in [1.807, 2.05) is 24.3 Å². The van der Waals surface area contributed by atoms with Crippen LogP contribution >= 0.6 is 0 Å². The Kier molecular flexibility index (Phi) is 0.917. The molecule has 2 aromatic rings. The summed E-state index contributed by atoms with van der Waals surface area (Å²) in [5.74, 6) is 0. The summed E-state index contributed by atoms with van der Waals surface area (Å²) in [7, 11) is 0. The molecule has 0 radical (unpaired) electrons. The van der Waals surface area contributed by atoms with E-state index in [1.54, 1.807) is 0 Å². The molecule has 0 saturated heterocycles. The second-order valence-corrected chi connectivity index (χ2v) is 2.12. The summed E-state index contributed by atoms with van der Waals surface area (Å²) in [6, 6.07) is 7.47. The zero-order valence-electron chi connectivity index (χ0n) is 5.22. The minimum atomic E-state index is -0.152. The second-order valence-electron chi connectivity index (χ2n) is 2.12. The Bertz CT molecular complexity index is 368. The number of benzene rings is 1. The van der Waals surface area contributed by atoms with Crippen molar-refractivity contribution in [2.75, 3.05) is 0 Å². The fraction of sp³-hybridized carbons (Fsp3) is 0. The van der Waals surface area contributed by atoms with E-state index in [9.17, 15) is 4.79 Å². The molecule has 0 aliphatic heterocycles. The lowest BCUT2D eigenvalue weighted by molar-refractivity contribution is 1.22. The topological polar surface area (TPSA) is 48.6 Å². The van der Waals surface area contributed by atoms with Gasteiger partial charge in [-0.1, -0.05) is 12.1 Å². The lowest BCUT2D eigenvalue weighted by Gasteiger charge is -1.81. The maximum Gasteiger partial charge on any atom is 0.323 e. The molecule has 10 heavy (non-hydrogen) atoms. The summed E-state index contributed by atoms with van der Waals surface area (Å²) >= 11 is 0. The molecule has 1 aromatic heterocycles. The fourth-order valence-electron chi connectivity index (χ4n) is 0.977. The molecule has 0 aliphatic carbocycles. The molecular weight excluding hydrogens is 128 g/mol. The van der Waals surface area contributed by atoms with Crippen molar-refractivity contribution in [2.45, 2.75) is 0 Å². The first-order valence-corrected chi connectivity index (χ1v) is 3.03. The molecule has 0 amide bonds. The van der Waals surface area contributed by atoms with Crippen molar-refractivity contribution < 1.29 is 1.43 Å². The van der Waals surface area contributed by atoms with Gasteiger partial charge >= 0.3 is 5.69 Å². The van der Waals surface area contributed by atoms with E-state index < -0.39 is 0 Å². The van der Waals surface area contributed by atoms with Crippen molar-refractivity contribution in [3.8, 4) is 0 Å². The molecule has 0 saturated carbocycles. The molecule has 0 spiro atoms. The number of para-hydroxylation sites is 2. The van der Waals surface area contributed by atoms with E-state index in [2.05, 4.69) is 9.97 Å². The summed E-state index contributed by atoms with van der Waals surface area (Å²) in [4.78, 5) is 16.0. The van der Waals surface area contributed by atoms with Crippen LogP contribution in [0.15, 0.2) is 29.1 Å². The van der Waals surface area contributed by atoms with Gasteiger partial charge in [0.2, 0.25) is 0 Å². The summed E-state index contributed by atoms with van der Waals surface area (Å²) in [6.45, 7) is 0. The zero-order chi connectivity index (χ0) is 6.97. The van der Waals surface area contributed by atoms with E-state index in [-0.39, 0.29) is 7.12 Å². The highest BCUT2D eigenvalue weighted by Crippen LogP contribution is 2.03. The summed E-state index contributed by atoms with van der Waals surface area (Å²) in [5.41, 5.74) is 1.56. The molecule has 0 aliphatic rings. The van der Waals surface area contributed by atoms with Crippen LogP contribution in [-0.2, 0) is 0 Å². The van der Waals surface area contributed by atoms with Crippen molar-refractivity contribution in [3.05, 3.63) is 34.7 Å². The third-order valence-corrected chi connectivity index (χ3v) is 1.42. The number of aromatic nitrogens is 2. The van der Waals surface area contributed by atoms with Gasteiger partial charge in [0, 0.05) is 1.43 Å². The Labute approximate surface area is 58.2 Å². The minimum absolute atomic E-state index is 0. The van der Waals surface area contributed by atoms with Gasteiger partial charge in [0.15, 0.2) is 0 Å². The van der Waals surface area contributed by atoms with E-state index in [1.165, 1.54) is 0 Å². The van der Waals surface area contributed by atoms with Crippen LogP contribution in [0.4, 0.5) is 0 Å². The van der Waals surface area contributed by atoms with Crippen LogP contribution in [0, 0.1) is 0 Å². The summed E-state index contributed by atoms with van der Waals surface area (Å²) in [5, 5.41) is 0. The third kappa shape index (κ3) is 0.639. The molecule has 1 heterocycles. The van der Waals surface area contributed by atoms with E-state index in [4.69, 9.17) is 0 Å². The highest BCUT2D eigenvalue weighted by Gasteiger charge is 1.92. The van der Waals surface area contributed by atoms with Crippen molar-refractivity contribution in [2.24, 2.45) is 0 Å². The number of hydrogen-bond donors (Lipinski definition) is 2. The minimum Gasteiger partial charge on any atom is -0.306 e. The highest BCUT2D eigenvalue weighted by atomic mass is 16.1. The maximum absolute atomic E-state index is 10.7. The lowest BCUT2D eigenvalue weighted by atomic mass is 10.3. The van der Waals surface area contributed by atoms with Gasteiger partial charge in [0.05, 0.1) is 11.0 Å². The molecule has 0 bridgehead atoms. The van der Waals surface area contributed by atoms with Crippen LogP contribution in [0.5, 0.6) is 0 Å². The van der Waals surface area contributed by atoms with Gasteiger partial charge in [0.1, 0.15) is 0 Å². The molecule has 52 valence electrons. The van der Waals surface area contributed by atoms with Crippen LogP contribution in [0.3, 0.4) is 0 Å². The van der Waals surface area contributed by atoms with Gasteiger partial charge in [-0.3, -0.25) is 0 Å². The Morgan fingerprint density at radius 2 is 1.60 bits per heavy atom. The first-order valence-electron chi connectivity index (χ1n) is 3.03. The van der Waals surface area contributed by atoms with Crippen LogP contribution < -0.4 is 5.69 Å². The van der Waals surface area contributed by atoms with Crippen molar-refractivity contribution in [3.63, 3.8) is 0 Å². The van der Waals surface area contributed by atoms with E-state index in [0.29, 0.717) is 0 Å². The first-order chi connectivity index (χ1) is 4.86. The number of H-pyrrole nitrogens is 2. The normalized spacial score (nSPS) is 10.4. The largest absolute Gasteiger partial charge is 0.323 e. The number of hydrogen-bond acceptors (Lipinski definition) is 1. The zero-order valence-corrected chi connectivity index (χ0v) is 5.22. The average molecular weight is 136 g/mol. The fourth-order valence-corrected chi connectivity index (χ4v) is 0.977. The van der Waals surface area contributed by atoms with Gasteiger partial charge in [-0.2, -0.15) is 0 Å². The number of rotatable bonds is 0. The van der Waals surface area contributed by atoms with E-state index >= 15 is 0 Å². The number of fused-ring (bicyclic) bond motifs is 1. The number of nitrogens with one attached hydrogen (secondary N) is 2. The van der Waals surface area contributed by atoms with Crippen LogP contribution in [-0.4, -0.2) is 9.97 Å². The Balaban J connectivity index is 0.000000605. The van der Waals surface area contributed by atoms with Crippen molar-refractivity contribution in [1.29, 1.82) is 0 Å². The van der Waals surface area contributed by atoms with Crippen LogP contribution in [0.2, 0.25) is 0 Å². The Hall–Kier alpha value is -1.51. The number of aromatic amines is 2. The van der Waals surface area contributed by atoms with Crippen LogP contribution in [0.25, 0.3) is 11.0 Å². The van der Waals surface area contributed by atoms with E-state index in [0.717, 1.165) is 11.0 Å². The maximum atomic E-state index is 10.7. The second kappa shape index (κ2) is 1.73. The molecule has 1 aromatic carbocycles. The SMILES string of the molecule is O=c1[nH]c2ccccc2[nH]1.[HH]. The molecule has 3 heteroatoms. The Morgan fingerprint density at radius 3 is 2.10 bits per heavy atom. The average Bonchev–Trinajstić information content (AvgIpc) is 2.27. The smallest absolute Gasteiger partial charge is 0.306 e. The van der Waals surface area contributed by atoms with Gasteiger partial charge < -0.3 is 9.97 Å². The molecule has 2 N–H and O–H groups in total. The highest BCUT2D eigenvalue weighted by molar-refractivity contribution is 5.73. The first kappa shape index (κ1) is 5.29. The standard InChI is InChI=1S/C7H6N2O.H2/c10-7-8-5-3-1-2-4-6(5)9-7;/h1-4H,(H2,8,9,10);1H. The summed E-state index contributed by atoms with van der Waals surface area (Å²) in [6.07, 6.45) is 0. The third-order valence-electron chi connectivity index (χ3n) is 1.42. The predicted molar refractivity (Wildman–Crippen MR) is 41.0 cm³/mol. The molecule has 0 unspecified atom stereocenters. The van der Waals surface area contributed by atoms with Gasteiger partial charge in [0.25, 0.3) is 0 Å². The molecular formula is C7H8N2O. The lowest BCUT2D eigenvalue weighted by Crippen LogP contribution is -1.99.